The average molecular weight is 926 g/mol. The molecule has 66 heavy (non-hydrogen) atoms. The molecule has 2 aliphatic carbocycles. The Bertz CT molecular complexity index is 2470. The Labute approximate surface area is 387 Å². The minimum absolute atomic E-state index is 0.0273. The third-order valence-corrected chi connectivity index (χ3v) is 15.5. The lowest BCUT2D eigenvalue weighted by molar-refractivity contribution is -0.145. The second-order valence-electron chi connectivity index (χ2n) is 19.9. The Balaban J connectivity index is 1.07. The van der Waals surface area contributed by atoms with Gasteiger partial charge in [0, 0.05) is 67.9 Å². The number of sulfonamides is 1. The van der Waals surface area contributed by atoms with Crippen LogP contribution in [-0.4, -0.2) is 109 Å². The van der Waals surface area contributed by atoms with Gasteiger partial charge in [-0.05, 0) is 89.7 Å². The van der Waals surface area contributed by atoms with E-state index in [1.165, 1.54) is 0 Å². The summed E-state index contributed by atoms with van der Waals surface area (Å²) >= 11 is 0. The summed E-state index contributed by atoms with van der Waals surface area (Å²) in [4.78, 5) is 78.7. The number of alkyl carbamates (subject to hydrolysis) is 1. The van der Waals surface area contributed by atoms with Crippen LogP contribution in [0.2, 0.25) is 0 Å². The van der Waals surface area contributed by atoms with Crippen molar-refractivity contribution in [3.8, 4) is 22.8 Å². The Kier molecular flexibility index (Phi) is 13.8. The largest absolute Gasteiger partial charge is 0.497 e. The molecule has 4 amide bonds. The molecule has 0 radical (unpaired) electrons. The van der Waals surface area contributed by atoms with Crippen molar-refractivity contribution in [3.63, 3.8) is 0 Å². The van der Waals surface area contributed by atoms with Crippen LogP contribution in [0.5, 0.6) is 11.5 Å². The van der Waals surface area contributed by atoms with Crippen LogP contribution in [-0.2, 0) is 33.9 Å². The highest BCUT2D eigenvalue weighted by molar-refractivity contribution is 7.90. The predicted octanol–water partition coefficient (Wildman–Crippen LogP) is 6.73. The topological polar surface area (TPSA) is 191 Å². The lowest BCUT2D eigenvalue weighted by Gasteiger charge is -2.29. The van der Waals surface area contributed by atoms with Gasteiger partial charge >= 0.3 is 6.09 Å². The number of rotatable bonds is 11. The zero-order valence-corrected chi connectivity index (χ0v) is 39.3. The fourth-order valence-electron chi connectivity index (χ4n) is 9.77. The number of nitrogens with zero attached hydrogens (tertiary/aromatic N) is 3. The first-order valence-electron chi connectivity index (χ1n) is 23.5. The number of hydrogen-bond donors (Lipinski definition) is 2. The number of amides is 4. The summed E-state index contributed by atoms with van der Waals surface area (Å²) in [5.74, 6) is -1.40. The average Bonchev–Trinajstić information content (AvgIpc) is 4.16. The van der Waals surface area contributed by atoms with Crippen molar-refractivity contribution in [1.29, 1.82) is 0 Å². The normalized spacial score (nSPS) is 26.6. The number of pyridine rings is 1. The molecule has 0 bridgehead atoms. The molecule has 0 unspecified atom stereocenters. The van der Waals surface area contributed by atoms with E-state index in [4.69, 9.17) is 19.2 Å². The number of ketones is 1. The molecule has 3 aliphatic heterocycles. The minimum Gasteiger partial charge on any atom is -0.497 e. The molecule has 16 heteroatoms. The van der Waals surface area contributed by atoms with E-state index in [1.54, 1.807) is 37.7 Å². The van der Waals surface area contributed by atoms with Crippen LogP contribution in [0, 0.1) is 23.2 Å². The molecule has 2 saturated carbocycles. The molecule has 5 aliphatic rings. The van der Waals surface area contributed by atoms with Gasteiger partial charge in [0.2, 0.25) is 27.7 Å². The van der Waals surface area contributed by atoms with Crippen LogP contribution in [0.4, 0.5) is 4.79 Å². The zero-order valence-electron chi connectivity index (χ0n) is 38.5. The van der Waals surface area contributed by atoms with Gasteiger partial charge < -0.3 is 29.3 Å². The highest BCUT2D eigenvalue weighted by atomic mass is 32.2. The number of likely N-dealkylation sites (tertiary alicyclic amines) is 1. The van der Waals surface area contributed by atoms with E-state index in [0.717, 1.165) is 24.8 Å². The Hall–Kier alpha value is -5.51. The van der Waals surface area contributed by atoms with Gasteiger partial charge in [0.1, 0.15) is 23.2 Å². The summed E-state index contributed by atoms with van der Waals surface area (Å²) < 4.78 is 46.2. The molecule has 3 aromatic rings. The lowest BCUT2D eigenvalue weighted by atomic mass is 9.90. The first-order chi connectivity index (χ1) is 31.5. The van der Waals surface area contributed by atoms with Crippen molar-refractivity contribution in [1.82, 2.24) is 24.8 Å². The van der Waals surface area contributed by atoms with Crippen molar-refractivity contribution in [3.05, 3.63) is 66.7 Å². The maximum Gasteiger partial charge on any atom is 0.407 e. The van der Waals surface area contributed by atoms with E-state index in [9.17, 15) is 27.6 Å². The molecular formula is C50H63N5O10S. The molecule has 0 spiro atoms. The second kappa shape index (κ2) is 19.4. The van der Waals surface area contributed by atoms with Crippen LogP contribution in [0.15, 0.2) is 66.7 Å². The van der Waals surface area contributed by atoms with Gasteiger partial charge in [-0.1, -0.05) is 55.3 Å². The molecule has 4 fully saturated rings. The zero-order chi connectivity index (χ0) is 46.8. The van der Waals surface area contributed by atoms with Crippen molar-refractivity contribution in [2.24, 2.45) is 23.2 Å². The summed E-state index contributed by atoms with van der Waals surface area (Å²) in [6.07, 6.45) is 8.09. The first-order valence-corrected chi connectivity index (χ1v) is 25.1. The number of hydrogen-bond acceptors (Lipinski definition) is 11. The van der Waals surface area contributed by atoms with E-state index >= 15 is 4.79 Å². The molecular weight excluding hydrogens is 863 g/mol. The van der Waals surface area contributed by atoms with E-state index in [1.807, 2.05) is 66.7 Å². The summed E-state index contributed by atoms with van der Waals surface area (Å²) in [5.41, 5.74) is 0.263. The lowest BCUT2D eigenvalue weighted by Crippen LogP contribution is -2.47. The number of ether oxygens (including phenoxy) is 3. The van der Waals surface area contributed by atoms with Gasteiger partial charge in [-0.25, -0.2) is 18.2 Å². The highest BCUT2D eigenvalue weighted by Crippen LogP contribution is 2.57. The third-order valence-electron chi connectivity index (χ3n) is 13.7. The number of fused-ring (bicyclic) bond motifs is 3. The van der Waals surface area contributed by atoms with Gasteiger partial charge in [-0.15, -0.1) is 0 Å². The summed E-state index contributed by atoms with van der Waals surface area (Å²) in [5, 5.41) is 2.92. The van der Waals surface area contributed by atoms with Crippen LogP contribution in [0.1, 0.15) is 97.8 Å². The van der Waals surface area contributed by atoms with E-state index in [-0.39, 0.29) is 55.2 Å². The fourth-order valence-corrected chi connectivity index (χ4v) is 11.2. The standard InChI is InChI=1S/C50H63N5O10S/c1-49(2,3)65-48(60)51-29-32-21-22-54(30-32)45(57)23-34-15-9-6-5-7-12-16-35-27-50(35,47(59)53-66(61,62)38-18-19-38)28-43(56)42-25-37(31-55(42)46(34)58)64-44-26-40(33-13-10-8-11-14-33)52-41-24-36(63-4)17-20-39(41)44/h8,10-14,16-17,20,24,26,32,34-35,37-38,42H,5-7,9,15,18-19,21-23,25,27-31H2,1-4H3,(H,51,60)(H,53,59)/b16-12-/t32-,34+,35+,37+,42-,50+/m0/s1. The third kappa shape index (κ3) is 11.0. The van der Waals surface area contributed by atoms with Crippen LogP contribution < -0.4 is 19.5 Å². The number of allylic oxidation sites excluding steroid dienone is 2. The molecule has 2 N–H and O–H groups in total. The number of Topliss-reactive ketones (excluding diaryl/α,β-unsaturated/α-hetero) is 1. The van der Waals surface area contributed by atoms with Crippen molar-refractivity contribution >= 4 is 50.5 Å². The van der Waals surface area contributed by atoms with E-state index < -0.39 is 56.4 Å². The van der Waals surface area contributed by atoms with Crippen LogP contribution >= 0.6 is 0 Å². The quantitative estimate of drug-likeness (QED) is 0.194. The number of methoxy groups -OCH3 is 1. The maximum atomic E-state index is 15.1. The smallest absolute Gasteiger partial charge is 0.407 e. The molecule has 4 heterocycles. The van der Waals surface area contributed by atoms with Crippen LogP contribution in [0.25, 0.3) is 22.2 Å². The van der Waals surface area contributed by atoms with Crippen LogP contribution in [0.3, 0.4) is 0 Å². The van der Waals surface area contributed by atoms with Gasteiger partial charge in [-0.3, -0.25) is 23.9 Å². The Morgan fingerprint density at radius 1 is 0.955 bits per heavy atom. The van der Waals surface area contributed by atoms with E-state index in [0.29, 0.717) is 86.3 Å². The van der Waals surface area contributed by atoms with Gasteiger partial charge in [0.25, 0.3) is 0 Å². The summed E-state index contributed by atoms with van der Waals surface area (Å²) in [6.45, 7) is 6.73. The van der Waals surface area contributed by atoms with Gasteiger partial charge in [0.05, 0.1) is 41.6 Å². The number of carbonyl (C=O) groups is 5. The summed E-state index contributed by atoms with van der Waals surface area (Å²) in [7, 11) is -2.30. The maximum absolute atomic E-state index is 15.1. The fraction of sp³-hybridized carbons (Fsp3) is 0.560. The number of aromatic nitrogens is 1. The van der Waals surface area contributed by atoms with Crippen molar-refractivity contribution in [2.75, 3.05) is 33.3 Å². The SMILES string of the molecule is COc1ccc2c(O[C@@H]3C[C@H]4C(=O)C[C@]5(C(=O)NS(=O)(=O)C6CC6)C[C@H]5/C=C\CCCCC[C@H](CC(=O)N5CC[C@@H](CNC(=O)OC(C)(C)C)C5)C(=O)N4C3)cc(-c3ccccc3)nc2c1. The predicted molar refractivity (Wildman–Crippen MR) is 248 cm³/mol. The number of carbonyl (C=O) groups excluding carboxylic acids is 5. The molecule has 354 valence electrons. The molecule has 8 rings (SSSR count). The first kappa shape index (κ1) is 47.0. The van der Waals surface area contributed by atoms with Crippen molar-refractivity contribution in [2.45, 2.75) is 121 Å². The monoisotopic (exact) mass is 925 g/mol. The second-order valence-corrected chi connectivity index (χ2v) is 21.8. The Morgan fingerprint density at radius 3 is 2.48 bits per heavy atom. The summed E-state index contributed by atoms with van der Waals surface area (Å²) in [6, 6.07) is 16.1. The molecule has 15 nitrogen and oxygen atoms in total. The number of nitrogens with one attached hydrogen (secondary N) is 2. The molecule has 6 atom stereocenters. The minimum atomic E-state index is -3.88. The molecule has 2 aromatic carbocycles. The highest BCUT2D eigenvalue weighted by Gasteiger charge is 2.61. The van der Waals surface area contributed by atoms with Crippen molar-refractivity contribution < 1.29 is 46.6 Å². The van der Waals surface area contributed by atoms with E-state index in [2.05, 4.69) is 10.0 Å². The number of benzene rings is 2. The molecule has 2 saturated heterocycles. The van der Waals surface area contributed by atoms with Gasteiger partial charge in [0.15, 0.2) is 5.78 Å². The Morgan fingerprint density at radius 2 is 1.74 bits per heavy atom. The molecule has 1 aromatic heterocycles. The van der Waals surface area contributed by atoms with Gasteiger partial charge in [-0.2, -0.15) is 0 Å².